The fraction of sp³-hybridized carbons (Fsp3) is 0.333. The summed E-state index contributed by atoms with van der Waals surface area (Å²) in [5.74, 6) is 0. The summed E-state index contributed by atoms with van der Waals surface area (Å²) >= 11 is 0. The molecule has 1 unspecified atom stereocenters. The van der Waals surface area contributed by atoms with Gasteiger partial charge in [-0.1, -0.05) is 48.5 Å². The van der Waals surface area contributed by atoms with Crippen molar-refractivity contribution in [3.63, 3.8) is 0 Å². The van der Waals surface area contributed by atoms with E-state index < -0.39 is 0 Å². The fourth-order valence-electron chi connectivity index (χ4n) is 3.81. The molecule has 0 fully saturated rings. The number of anilines is 2. The van der Waals surface area contributed by atoms with Gasteiger partial charge in [-0.15, -0.1) is 0 Å². The summed E-state index contributed by atoms with van der Waals surface area (Å²) in [6, 6.07) is 25.8. The van der Waals surface area contributed by atoms with Crippen LogP contribution < -0.4 is 9.80 Å². The molecule has 0 heterocycles. The largest absolute Gasteiger partial charge is 0.378 e. The van der Waals surface area contributed by atoms with Crippen LogP contribution in [0.4, 0.5) is 11.4 Å². The van der Waals surface area contributed by atoms with E-state index in [-0.39, 0.29) is 6.10 Å². The minimum atomic E-state index is -0.104. The van der Waals surface area contributed by atoms with E-state index in [0.717, 1.165) is 13.1 Å². The highest BCUT2D eigenvalue weighted by atomic mass is 16.5. The molecule has 158 valence electrons. The molecule has 0 radical (unpaired) electrons. The summed E-state index contributed by atoms with van der Waals surface area (Å²) in [5, 5.41) is 0. The third kappa shape index (κ3) is 5.22. The molecular formula is C27H34N2O. The highest BCUT2D eigenvalue weighted by molar-refractivity contribution is 5.53. The number of ether oxygens (including phenoxy) is 1. The number of nitrogens with zero attached hydrogens (tertiary/aromatic N) is 2. The Kier molecular flexibility index (Phi) is 7.53. The lowest BCUT2D eigenvalue weighted by atomic mass is 9.96. The minimum Gasteiger partial charge on any atom is -0.378 e. The maximum Gasteiger partial charge on any atom is 0.108 e. The Morgan fingerprint density at radius 1 is 0.800 bits per heavy atom. The van der Waals surface area contributed by atoms with Crippen LogP contribution in [-0.4, -0.2) is 27.2 Å². The third-order valence-electron chi connectivity index (χ3n) is 5.64. The molecule has 0 aliphatic heterocycles. The van der Waals surface area contributed by atoms with Gasteiger partial charge in [0.15, 0.2) is 0 Å². The summed E-state index contributed by atoms with van der Waals surface area (Å²) in [7, 11) is 4.13. The van der Waals surface area contributed by atoms with Crippen molar-refractivity contribution >= 4 is 11.4 Å². The molecule has 0 amide bonds. The van der Waals surface area contributed by atoms with Crippen LogP contribution in [0.25, 0.3) is 0 Å². The molecule has 3 aromatic rings. The van der Waals surface area contributed by atoms with E-state index in [1.54, 1.807) is 0 Å². The molecule has 1 atom stereocenters. The average Bonchev–Trinajstić information content (AvgIpc) is 2.77. The summed E-state index contributed by atoms with van der Waals surface area (Å²) in [4.78, 5) is 4.50. The average molecular weight is 403 g/mol. The molecule has 3 rings (SSSR count). The quantitative estimate of drug-likeness (QED) is 0.423. The van der Waals surface area contributed by atoms with E-state index in [1.165, 1.54) is 33.6 Å². The maximum absolute atomic E-state index is 6.51. The standard InChI is InChI=1S/C27H34N2O/c1-6-29(7-2)25-17-18-26(21(3)19-25)27(30-20-22-11-9-8-10-12-22)23-13-15-24(16-14-23)28(4)5/h8-19,27H,6-7,20H2,1-5H3. The second-order valence-electron chi connectivity index (χ2n) is 7.88. The first-order valence-corrected chi connectivity index (χ1v) is 10.8. The van der Waals surface area contributed by atoms with Crippen molar-refractivity contribution in [3.8, 4) is 0 Å². The van der Waals surface area contributed by atoms with Gasteiger partial charge in [-0.25, -0.2) is 0 Å². The second-order valence-corrected chi connectivity index (χ2v) is 7.88. The molecule has 0 bridgehead atoms. The number of hydrogen-bond acceptors (Lipinski definition) is 3. The van der Waals surface area contributed by atoms with Crippen LogP contribution in [0.2, 0.25) is 0 Å². The molecule has 30 heavy (non-hydrogen) atoms. The van der Waals surface area contributed by atoms with E-state index in [0.29, 0.717) is 6.61 Å². The Balaban J connectivity index is 1.94. The number of aryl methyl sites for hydroxylation is 1. The van der Waals surface area contributed by atoms with E-state index in [1.807, 2.05) is 6.07 Å². The zero-order valence-corrected chi connectivity index (χ0v) is 18.9. The second kappa shape index (κ2) is 10.3. The lowest BCUT2D eigenvalue weighted by Gasteiger charge is -2.25. The molecule has 0 spiro atoms. The number of rotatable bonds is 9. The summed E-state index contributed by atoms with van der Waals surface area (Å²) in [6.07, 6.45) is -0.104. The highest BCUT2D eigenvalue weighted by Crippen LogP contribution is 2.32. The Morgan fingerprint density at radius 2 is 1.43 bits per heavy atom. The SMILES string of the molecule is CCN(CC)c1ccc(C(OCc2ccccc2)c2ccc(N(C)C)cc2)c(C)c1. The van der Waals surface area contributed by atoms with E-state index in [2.05, 4.69) is 111 Å². The Morgan fingerprint density at radius 3 is 2.00 bits per heavy atom. The topological polar surface area (TPSA) is 15.7 Å². The first-order chi connectivity index (χ1) is 14.5. The monoisotopic (exact) mass is 402 g/mol. The van der Waals surface area contributed by atoms with Crippen molar-refractivity contribution in [1.29, 1.82) is 0 Å². The van der Waals surface area contributed by atoms with Gasteiger partial charge in [0.25, 0.3) is 0 Å². The van der Waals surface area contributed by atoms with Crippen LogP contribution in [0.3, 0.4) is 0 Å². The van der Waals surface area contributed by atoms with E-state index >= 15 is 0 Å². The predicted molar refractivity (Wildman–Crippen MR) is 129 cm³/mol. The van der Waals surface area contributed by atoms with Crippen molar-refractivity contribution in [2.75, 3.05) is 37.0 Å². The lowest BCUT2D eigenvalue weighted by molar-refractivity contribution is 0.0663. The smallest absolute Gasteiger partial charge is 0.108 e. The molecule has 0 saturated carbocycles. The van der Waals surface area contributed by atoms with Crippen LogP contribution in [0.15, 0.2) is 72.8 Å². The van der Waals surface area contributed by atoms with Crippen LogP contribution >= 0.6 is 0 Å². The number of benzene rings is 3. The van der Waals surface area contributed by atoms with E-state index in [4.69, 9.17) is 4.74 Å². The maximum atomic E-state index is 6.51. The van der Waals surface area contributed by atoms with Gasteiger partial charge in [0, 0.05) is 38.6 Å². The molecule has 3 nitrogen and oxygen atoms in total. The molecule has 0 aliphatic rings. The zero-order chi connectivity index (χ0) is 21.5. The van der Waals surface area contributed by atoms with Crippen molar-refractivity contribution < 1.29 is 4.74 Å². The van der Waals surface area contributed by atoms with Crippen molar-refractivity contribution in [2.24, 2.45) is 0 Å². The predicted octanol–water partition coefficient (Wildman–Crippen LogP) is 6.21. The van der Waals surface area contributed by atoms with Crippen LogP contribution in [-0.2, 0) is 11.3 Å². The van der Waals surface area contributed by atoms with Crippen molar-refractivity contribution in [2.45, 2.75) is 33.5 Å². The third-order valence-corrected chi connectivity index (χ3v) is 5.64. The molecule has 0 N–H and O–H groups in total. The normalized spacial score (nSPS) is 11.9. The van der Waals surface area contributed by atoms with Gasteiger partial charge in [0.05, 0.1) is 6.61 Å². The van der Waals surface area contributed by atoms with Gasteiger partial charge in [-0.3, -0.25) is 0 Å². The van der Waals surface area contributed by atoms with Gasteiger partial charge >= 0.3 is 0 Å². The van der Waals surface area contributed by atoms with Crippen molar-refractivity contribution in [3.05, 3.63) is 95.1 Å². The van der Waals surface area contributed by atoms with Gasteiger partial charge < -0.3 is 14.5 Å². The molecule has 0 saturated heterocycles. The first-order valence-electron chi connectivity index (χ1n) is 10.8. The molecular weight excluding hydrogens is 368 g/mol. The van der Waals surface area contributed by atoms with Crippen molar-refractivity contribution in [1.82, 2.24) is 0 Å². The summed E-state index contributed by atoms with van der Waals surface area (Å²) in [6.45, 7) is 9.19. The van der Waals surface area contributed by atoms with Crippen LogP contribution in [0.5, 0.6) is 0 Å². The molecule has 3 heteroatoms. The first kappa shape index (κ1) is 21.9. The molecule has 3 aromatic carbocycles. The van der Waals surface area contributed by atoms with Gasteiger partial charge in [0.2, 0.25) is 0 Å². The molecule has 0 aromatic heterocycles. The summed E-state index contributed by atoms with van der Waals surface area (Å²) < 4.78 is 6.51. The van der Waals surface area contributed by atoms with E-state index in [9.17, 15) is 0 Å². The highest BCUT2D eigenvalue weighted by Gasteiger charge is 2.18. The molecule has 0 aliphatic carbocycles. The van der Waals surface area contributed by atoms with Crippen LogP contribution in [0, 0.1) is 6.92 Å². The Hall–Kier alpha value is -2.78. The summed E-state index contributed by atoms with van der Waals surface area (Å²) in [5.41, 5.74) is 7.30. The van der Waals surface area contributed by atoms with Gasteiger partial charge in [-0.2, -0.15) is 0 Å². The Labute approximate surface area is 181 Å². The number of hydrogen-bond donors (Lipinski definition) is 0. The minimum absolute atomic E-state index is 0.104. The van der Waals surface area contributed by atoms with Gasteiger partial charge in [-0.05, 0) is 67.3 Å². The lowest BCUT2D eigenvalue weighted by Crippen LogP contribution is -2.22. The van der Waals surface area contributed by atoms with Gasteiger partial charge in [0.1, 0.15) is 6.10 Å². The van der Waals surface area contributed by atoms with Crippen LogP contribution in [0.1, 0.15) is 42.2 Å². The fourth-order valence-corrected chi connectivity index (χ4v) is 3.81. The zero-order valence-electron chi connectivity index (χ0n) is 18.9. The Bertz CT molecular complexity index is 915.